The van der Waals surface area contributed by atoms with E-state index in [1.807, 2.05) is 0 Å². The van der Waals surface area contributed by atoms with Crippen LogP contribution in [0, 0.1) is 17.1 Å². The van der Waals surface area contributed by atoms with E-state index in [1.165, 1.54) is 48.5 Å². The summed E-state index contributed by atoms with van der Waals surface area (Å²) in [5.74, 6) is -3.67. The number of benzene rings is 2. The molecule has 0 heterocycles. The fourth-order valence-electron chi connectivity index (χ4n) is 1.83. The Bertz CT molecular complexity index is 798. The zero-order valence-electron chi connectivity index (χ0n) is 12.2. The number of amides is 1. The number of nitriles is 1. The summed E-state index contributed by atoms with van der Waals surface area (Å²) in [5.41, 5.74) is 0.538. The van der Waals surface area contributed by atoms with Crippen molar-refractivity contribution >= 4 is 29.4 Å². The molecular weight excluding hydrogens is 337 g/mol. The van der Waals surface area contributed by atoms with Crippen LogP contribution in [-0.2, 0) is 4.79 Å². The largest absolute Gasteiger partial charge is 0.321 e. The Morgan fingerprint density at radius 1 is 1.21 bits per heavy atom. The molecule has 0 spiro atoms. The Morgan fingerprint density at radius 3 is 2.50 bits per heavy atom. The highest BCUT2D eigenvalue weighted by molar-refractivity contribution is 7.99. The minimum atomic E-state index is -2.52. The van der Waals surface area contributed by atoms with Crippen LogP contribution in [0.1, 0.15) is 5.56 Å². The Hall–Kier alpha value is -2.72. The van der Waals surface area contributed by atoms with E-state index in [1.54, 1.807) is 12.1 Å². The van der Waals surface area contributed by atoms with E-state index in [0.717, 1.165) is 0 Å². The molecule has 0 saturated carbocycles. The quantitative estimate of drug-likeness (QED) is 0.485. The summed E-state index contributed by atoms with van der Waals surface area (Å²) < 4.78 is 37.6. The first kappa shape index (κ1) is 17.6. The highest BCUT2D eigenvalue weighted by Crippen LogP contribution is 2.26. The molecular formula is C17H11F3N2OS. The minimum Gasteiger partial charge on any atom is -0.321 e. The van der Waals surface area contributed by atoms with E-state index in [2.05, 4.69) is 5.32 Å². The fraction of sp³-hybridized carbons (Fsp3) is 0.0588. The Labute approximate surface area is 140 Å². The van der Waals surface area contributed by atoms with Gasteiger partial charge < -0.3 is 5.32 Å². The first-order valence-electron chi connectivity index (χ1n) is 6.71. The van der Waals surface area contributed by atoms with Gasteiger partial charge in [0.25, 0.3) is 11.7 Å². The van der Waals surface area contributed by atoms with Gasteiger partial charge in [0.05, 0.1) is 0 Å². The molecule has 0 saturated heterocycles. The zero-order chi connectivity index (χ0) is 17.5. The number of nitrogens with zero attached hydrogens (tertiary/aromatic N) is 1. The maximum atomic E-state index is 13.1. The first-order chi connectivity index (χ1) is 11.5. The number of carbonyl (C=O) groups excluding carboxylic acids is 1. The number of hydrogen-bond donors (Lipinski definition) is 1. The molecule has 0 aromatic heterocycles. The third kappa shape index (κ3) is 5.18. The van der Waals surface area contributed by atoms with Gasteiger partial charge in [0.1, 0.15) is 17.5 Å². The number of rotatable bonds is 5. The van der Waals surface area contributed by atoms with Crippen molar-refractivity contribution in [2.45, 2.75) is 10.7 Å². The summed E-state index contributed by atoms with van der Waals surface area (Å²) in [5, 5.41) is 11.6. The van der Waals surface area contributed by atoms with Crippen LogP contribution >= 0.6 is 11.8 Å². The average Bonchev–Trinajstić information content (AvgIpc) is 2.54. The third-order valence-corrected chi connectivity index (χ3v) is 3.58. The molecule has 1 amide bonds. The van der Waals surface area contributed by atoms with Crippen molar-refractivity contribution in [1.82, 2.24) is 0 Å². The standard InChI is InChI=1S/C17H11F3N2OS/c18-13-3-1-2-11(9-13)8-12(10-21)16(23)22-14-4-6-15(7-5-14)24-17(19)20/h1-9,17H,(H,22,23)/b12-8-. The van der Waals surface area contributed by atoms with E-state index in [4.69, 9.17) is 5.26 Å². The fourth-order valence-corrected chi connectivity index (χ4v) is 2.33. The molecule has 2 aromatic carbocycles. The molecule has 0 aliphatic heterocycles. The highest BCUT2D eigenvalue weighted by Gasteiger charge is 2.10. The van der Waals surface area contributed by atoms with Gasteiger partial charge >= 0.3 is 0 Å². The van der Waals surface area contributed by atoms with Gasteiger partial charge in [-0.05, 0) is 48.0 Å². The predicted molar refractivity (Wildman–Crippen MR) is 86.9 cm³/mol. The molecule has 0 unspecified atom stereocenters. The Kier molecular flexibility index (Phi) is 6.04. The number of nitrogens with one attached hydrogen (secondary N) is 1. The lowest BCUT2D eigenvalue weighted by Gasteiger charge is -2.06. The number of carbonyl (C=O) groups is 1. The number of alkyl halides is 2. The van der Waals surface area contributed by atoms with Gasteiger partial charge in [0, 0.05) is 10.6 Å². The number of hydrogen-bond acceptors (Lipinski definition) is 3. The van der Waals surface area contributed by atoms with Crippen LogP contribution in [0.4, 0.5) is 18.9 Å². The lowest BCUT2D eigenvalue weighted by molar-refractivity contribution is -0.112. The predicted octanol–water partition coefficient (Wildman–Crippen LogP) is 4.69. The Morgan fingerprint density at radius 2 is 1.92 bits per heavy atom. The van der Waals surface area contributed by atoms with Gasteiger partial charge in [-0.3, -0.25) is 4.79 Å². The lowest BCUT2D eigenvalue weighted by atomic mass is 10.1. The summed E-state index contributed by atoms with van der Waals surface area (Å²) >= 11 is 0.395. The molecule has 0 aliphatic rings. The molecule has 0 atom stereocenters. The molecule has 24 heavy (non-hydrogen) atoms. The summed E-state index contributed by atoms with van der Waals surface area (Å²) in [6, 6.07) is 13.0. The van der Waals surface area contributed by atoms with Gasteiger partial charge in [0.2, 0.25) is 0 Å². The van der Waals surface area contributed by atoms with Crippen molar-refractivity contribution in [1.29, 1.82) is 5.26 Å². The number of thioether (sulfide) groups is 1. The number of halogens is 3. The van der Waals surface area contributed by atoms with E-state index in [9.17, 15) is 18.0 Å². The summed E-state index contributed by atoms with van der Waals surface area (Å²) in [6.07, 6.45) is 1.26. The van der Waals surface area contributed by atoms with Crippen molar-refractivity contribution < 1.29 is 18.0 Å². The summed E-state index contributed by atoms with van der Waals surface area (Å²) in [4.78, 5) is 12.4. The van der Waals surface area contributed by atoms with Crippen molar-refractivity contribution in [3.8, 4) is 6.07 Å². The molecule has 0 aliphatic carbocycles. The second kappa shape index (κ2) is 8.22. The highest BCUT2D eigenvalue weighted by atomic mass is 32.2. The van der Waals surface area contributed by atoms with E-state index in [-0.39, 0.29) is 5.57 Å². The normalized spacial score (nSPS) is 11.2. The Balaban J connectivity index is 2.11. The molecule has 7 heteroatoms. The molecule has 0 radical (unpaired) electrons. The molecule has 0 fully saturated rings. The van der Waals surface area contributed by atoms with E-state index in [0.29, 0.717) is 27.9 Å². The molecule has 2 rings (SSSR count). The molecule has 3 nitrogen and oxygen atoms in total. The third-order valence-electron chi connectivity index (χ3n) is 2.86. The van der Waals surface area contributed by atoms with Crippen LogP contribution in [0.3, 0.4) is 0 Å². The van der Waals surface area contributed by atoms with Crippen LogP contribution in [0.2, 0.25) is 0 Å². The van der Waals surface area contributed by atoms with Crippen molar-refractivity contribution in [2.75, 3.05) is 5.32 Å². The van der Waals surface area contributed by atoms with E-state index < -0.39 is 17.5 Å². The second-order valence-corrected chi connectivity index (χ2v) is 5.65. The van der Waals surface area contributed by atoms with Crippen LogP contribution in [0.5, 0.6) is 0 Å². The lowest BCUT2D eigenvalue weighted by Crippen LogP contribution is -2.13. The van der Waals surface area contributed by atoms with Crippen LogP contribution < -0.4 is 5.32 Å². The van der Waals surface area contributed by atoms with Gasteiger partial charge in [-0.25, -0.2) is 4.39 Å². The van der Waals surface area contributed by atoms with E-state index >= 15 is 0 Å². The summed E-state index contributed by atoms with van der Waals surface area (Å²) in [6.45, 7) is 0. The maximum absolute atomic E-state index is 13.1. The van der Waals surface area contributed by atoms with Gasteiger partial charge in [0.15, 0.2) is 0 Å². The van der Waals surface area contributed by atoms with Gasteiger partial charge in [-0.15, -0.1) is 0 Å². The first-order valence-corrected chi connectivity index (χ1v) is 7.59. The summed E-state index contributed by atoms with van der Waals surface area (Å²) in [7, 11) is 0. The smallest absolute Gasteiger partial charge is 0.288 e. The maximum Gasteiger partial charge on any atom is 0.288 e. The van der Waals surface area contributed by atoms with Crippen LogP contribution in [0.15, 0.2) is 59.0 Å². The topological polar surface area (TPSA) is 52.9 Å². The minimum absolute atomic E-state index is 0.202. The van der Waals surface area contributed by atoms with Gasteiger partial charge in [-0.1, -0.05) is 23.9 Å². The van der Waals surface area contributed by atoms with Crippen LogP contribution in [-0.4, -0.2) is 11.7 Å². The molecule has 1 N–H and O–H groups in total. The molecule has 2 aromatic rings. The van der Waals surface area contributed by atoms with Crippen molar-refractivity contribution in [2.24, 2.45) is 0 Å². The zero-order valence-corrected chi connectivity index (χ0v) is 13.0. The average molecular weight is 348 g/mol. The number of anilines is 1. The molecule has 0 bridgehead atoms. The van der Waals surface area contributed by atoms with Crippen LogP contribution in [0.25, 0.3) is 6.08 Å². The SMILES string of the molecule is N#C/C(=C/c1cccc(F)c1)C(=O)Nc1ccc(SC(F)F)cc1. The monoisotopic (exact) mass is 348 g/mol. The van der Waals surface area contributed by atoms with Crippen molar-refractivity contribution in [3.05, 3.63) is 65.5 Å². The second-order valence-electron chi connectivity index (χ2n) is 4.58. The molecule has 122 valence electrons. The van der Waals surface area contributed by atoms with Crippen molar-refractivity contribution in [3.63, 3.8) is 0 Å². The van der Waals surface area contributed by atoms with Gasteiger partial charge in [-0.2, -0.15) is 14.0 Å².